The van der Waals surface area contributed by atoms with Gasteiger partial charge in [-0.2, -0.15) is 0 Å². The number of carbonyl (C=O) groups excluding carboxylic acids is 1. The van der Waals surface area contributed by atoms with Crippen molar-refractivity contribution in [3.63, 3.8) is 0 Å². The molecule has 18 heavy (non-hydrogen) atoms. The van der Waals surface area contributed by atoms with E-state index in [1.165, 1.54) is 0 Å². The van der Waals surface area contributed by atoms with Crippen LogP contribution in [0.25, 0.3) is 10.4 Å². The third-order valence-corrected chi connectivity index (χ3v) is 2.48. The molecule has 0 bridgehead atoms. The molecule has 0 spiro atoms. The second-order valence-electron chi connectivity index (χ2n) is 3.31. The molecule has 8 heteroatoms. The lowest BCUT2D eigenvalue weighted by atomic mass is 10.2. The van der Waals surface area contributed by atoms with Crippen molar-refractivity contribution in [2.45, 2.75) is 6.42 Å². The molecule has 1 rings (SSSR count). The summed E-state index contributed by atoms with van der Waals surface area (Å²) < 4.78 is 27.0. The third kappa shape index (κ3) is 3.97. The number of carbonyl (C=O) groups is 1. The quantitative estimate of drug-likeness (QED) is 0.385. The Balaban J connectivity index is 2.64. The van der Waals surface area contributed by atoms with E-state index in [0.717, 1.165) is 12.1 Å². The van der Waals surface area contributed by atoms with Crippen LogP contribution < -0.4 is 5.32 Å². The largest absolute Gasteiger partial charge is 0.352 e. The standard InChI is InChI=1S/C10H9BrF2N4O/c11-6-4-7(12)9(8(13)5-6)10(18)15-2-1-3-16-17-14/h4-5H,1-3H2,(H,15,18). The fraction of sp³-hybridized carbons (Fsp3) is 0.300. The van der Waals surface area contributed by atoms with Crippen LogP contribution in [-0.2, 0) is 0 Å². The predicted octanol–water partition coefficient (Wildman–Crippen LogP) is 3.16. The van der Waals surface area contributed by atoms with Gasteiger partial charge in [0.25, 0.3) is 5.91 Å². The van der Waals surface area contributed by atoms with Gasteiger partial charge in [-0.1, -0.05) is 21.0 Å². The van der Waals surface area contributed by atoms with Gasteiger partial charge in [-0.15, -0.1) is 0 Å². The maximum atomic E-state index is 13.4. The first-order chi connectivity index (χ1) is 8.56. The van der Waals surface area contributed by atoms with Gasteiger partial charge in [-0.25, -0.2) is 8.78 Å². The number of azide groups is 1. The fourth-order valence-electron chi connectivity index (χ4n) is 1.24. The zero-order chi connectivity index (χ0) is 13.5. The highest BCUT2D eigenvalue weighted by Crippen LogP contribution is 2.19. The van der Waals surface area contributed by atoms with Crippen molar-refractivity contribution in [2.24, 2.45) is 5.11 Å². The normalized spacial score (nSPS) is 9.72. The van der Waals surface area contributed by atoms with Crippen molar-refractivity contribution in [2.75, 3.05) is 13.1 Å². The van der Waals surface area contributed by atoms with Gasteiger partial charge in [0.2, 0.25) is 0 Å². The highest BCUT2D eigenvalue weighted by atomic mass is 79.9. The second-order valence-corrected chi connectivity index (χ2v) is 4.22. The van der Waals surface area contributed by atoms with E-state index in [1.54, 1.807) is 0 Å². The zero-order valence-electron chi connectivity index (χ0n) is 9.16. The summed E-state index contributed by atoms with van der Waals surface area (Å²) in [5.74, 6) is -2.71. The van der Waals surface area contributed by atoms with Gasteiger partial charge in [-0.3, -0.25) is 4.79 Å². The molecular formula is C10H9BrF2N4O. The number of hydrogen-bond donors (Lipinski definition) is 1. The van der Waals surface area contributed by atoms with Crippen LogP contribution in [0.2, 0.25) is 0 Å². The molecule has 1 aromatic carbocycles. The molecule has 0 aliphatic carbocycles. The molecule has 0 fully saturated rings. The molecule has 0 aromatic heterocycles. The first-order valence-electron chi connectivity index (χ1n) is 5.00. The first-order valence-corrected chi connectivity index (χ1v) is 5.79. The average Bonchev–Trinajstić information content (AvgIpc) is 2.27. The van der Waals surface area contributed by atoms with Gasteiger partial charge in [0.1, 0.15) is 17.2 Å². The van der Waals surface area contributed by atoms with E-state index in [1.807, 2.05) is 0 Å². The van der Waals surface area contributed by atoms with Crippen LogP contribution in [0.4, 0.5) is 8.78 Å². The van der Waals surface area contributed by atoms with E-state index >= 15 is 0 Å². The van der Waals surface area contributed by atoms with Crippen LogP contribution in [0.1, 0.15) is 16.8 Å². The number of amides is 1. The van der Waals surface area contributed by atoms with Crippen molar-refractivity contribution in [3.05, 3.63) is 44.2 Å². The smallest absolute Gasteiger partial charge is 0.257 e. The molecule has 0 aliphatic heterocycles. The minimum Gasteiger partial charge on any atom is -0.352 e. The van der Waals surface area contributed by atoms with Gasteiger partial charge in [0.05, 0.1) is 0 Å². The highest BCUT2D eigenvalue weighted by molar-refractivity contribution is 9.10. The molecule has 96 valence electrons. The van der Waals surface area contributed by atoms with Crippen LogP contribution in [0.5, 0.6) is 0 Å². The summed E-state index contributed by atoms with van der Waals surface area (Å²) in [6.07, 6.45) is 0.398. The molecule has 0 saturated carbocycles. The Labute approximate surface area is 110 Å². The van der Waals surface area contributed by atoms with Crippen molar-refractivity contribution >= 4 is 21.8 Å². The Hall–Kier alpha value is -1.66. The Morgan fingerprint density at radius 3 is 2.61 bits per heavy atom. The summed E-state index contributed by atoms with van der Waals surface area (Å²) in [5, 5.41) is 5.60. The maximum absolute atomic E-state index is 13.4. The molecular weight excluding hydrogens is 310 g/mol. The molecule has 1 N–H and O–H groups in total. The molecule has 1 aromatic rings. The van der Waals surface area contributed by atoms with Gasteiger partial charge >= 0.3 is 0 Å². The summed E-state index contributed by atoms with van der Waals surface area (Å²) in [7, 11) is 0. The van der Waals surface area contributed by atoms with E-state index in [2.05, 4.69) is 31.3 Å². The van der Waals surface area contributed by atoms with Crippen LogP contribution in [0.15, 0.2) is 21.7 Å². The van der Waals surface area contributed by atoms with E-state index in [0.29, 0.717) is 6.42 Å². The van der Waals surface area contributed by atoms with Crippen LogP contribution >= 0.6 is 15.9 Å². The Bertz CT molecular complexity index is 480. The minimum absolute atomic E-state index is 0.173. The summed E-state index contributed by atoms with van der Waals surface area (Å²) in [6.45, 7) is 0.384. The Morgan fingerprint density at radius 1 is 1.44 bits per heavy atom. The van der Waals surface area contributed by atoms with E-state index in [4.69, 9.17) is 5.53 Å². The molecule has 5 nitrogen and oxygen atoms in total. The van der Waals surface area contributed by atoms with Crippen LogP contribution in [0, 0.1) is 11.6 Å². The Morgan fingerprint density at radius 2 is 2.06 bits per heavy atom. The minimum atomic E-state index is -0.936. The number of nitrogens with one attached hydrogen (secondary N) is 1. The third-order valence-electron chi connectivity index (χ3n) is 2.02. The van der Waals surface area contributed by atoms with Gasteiger partial charge in [-0.05, 0) is 24.1 Å². The Kier molecular flexibility index (Phi) is 5.54. The van der Waals surface area contributed by atoms with Crippen molar-refractivity contribution in [1.82, 2.24) is 5.32 Å². The fourth-order valence-corrected chi connectivity index (χ4v) is 1.65. The molecule has 0 radical (unpaired) electrons. The zero-order valence-corrected chi connectivity index (χ0v) is 10.7. The summed E-state index contributed by atoms with van der Waals surface area (Å²) in [5.41, 5.74) is 7.40. The number of halogens is 3. The topological polar surface area (TPSA) is 77.9 Å². The first kappa shape index (κ1) is 14.4. The van der Waals surface area contributed by atoms with Crippen LogP contribution in [0.3, 0.4) is 0 Å². The van der Waals surface area contributed by atoms with E-state index in [-0.39, 0.29) is 17.6 Å². The maximum Gasteiger partial charge on any atom is 0.257 e. The van der Waals surface area contributed by atoms with Crippen LogP contribution in [-0.4, -0.2) is 19.0 Å². The summed E-state index contributed by atoms with van der Waals surface area (Å²) in [6, 6.07) is 2.02. The average molecular weight is 319 g/mol. The lowest BCUT2D eigenvalue weighted by Gasteiger charge is -2.06. The lowest BCUT2D eigenvalue weighted by Crippen LogP contribution is -2.26. The molecule has 0 aliphatic rings. The molecule has 0 heterocycles. The molecule has 0 atom stereocenters. The molecule has 0 saturated heterocycles. The predicted molar refractivity (Wildman–Crippen MR) is 65.0 cm³/mol. The lowest BCUT2D eigenvalue weighted by molar-refractivity contribution is 0.0945. The van der Waals surface area contributed by atoms with Gasteiger partial charge in [0, 0.05) is 22.5 Å². The van der Waals surface area contributed by atoms with Crippen molar-refractivity contribution in [3.8, 4) is 0 Å². The summed E-state index contributed by atoms with van der Waals surface area (Å²) >= 11 is 2.92. The van der Waals surface area contributed by atoms with Crippen molar-refractivity contribution < 1.29 is 13.6 Å². The van der Waals surface area contributed by atoms with E-state index < -0.39 is 23.1 Å². The van der Waals surface area contributed by atoms with E-state index in [9.17, 15) is 13.6 Å². The molecule has 0 unspecified atom stereocenters. The SMILES string of the molecule is [N-]=[N+]=NCCCNC(=O)c1c(F)cc(Br)cc1F. The number of hydrogen-bond acceptors (Lipinski definition) is 2. The monoisotopic (exact) mass is 318 g/mol. The second kappa shape index (κ2) is 6.93. The number of rotatable bonds is 5. The summed E-state index contributed by atoms with van der Waals surface area (Å²) in [4.78, 5) is 14.1. The van der Waals surface area contributed by atoms with Gasteiger partial charge < -0.3 is 5.32 Å². The number of nitrogens with zero attached hydrogens (tertiary/aromatic N) is 3. The number of benzene rings is 1. The molecule has 1 amide bonds. The highest BCUT2D eigenvalue weighted by Gasteiger charge is 2.17. The van der Waals surface area contributed by atoms with Gasteiger partial charge in [0.15, 0.2) is 0 Å². The van der Waals surface area contributed by atoms with Crippen molar-refractivity contribution in [1.29, 1.82) is 0 Å².